The number of nitrogens with two attached hydrogens (primary N) is 2. The van der Waals surface area contributed by atoms with Crippen molar-refractivity contribution in [3.8, 4) is 22.7 Å². The Morgan fingerprint density at radius 2 is 1.68 bits per heavy atom. The Kier molecular flexibility index (Phi) is 5.53. The fourth-order valence-electron chi connectivity index (χ4n) is 4.90. The van der Waals surface area contributed by atoms with Gasteiger partial charge in [0.2, 0.25) is 0 Å². The molecule has 4 N–H and O–H groups in total. The first-order valence-corrected chi connectivity index (χ1v) is 12.1. The third kappa shape index (κ3) is 3.64. The SMILES string of the molecule is COc1ccc(-c2nn(C(C)c3cc4ccccc4c(=O)n3-c3ccccc3)c3ncnc(N)c23)cc1N. The highest BCUT2D eigenvalue weighted by atomic mass is 16.5. The number of aromatic nitrogens is 5. The number of benzene rings is 3. The molecule has 3 aromatic heterocycles. The molecule has 38 heavy (non-hydrogen) atoms. The summed E-state index contributed by atoms with van der Waals surface area (Å²) < 4.78 is 8.83. The van der Waals surface area contributed by atoms with E-state index >= 15 is 0 Å². The van der Waals surface area contributed by atoms with Crippen LogP contribution in [-0.2, 0) is 0 Å². The highest BCUT2D eigenvalue weighted by molar-refractivity contribution is 5.99. The predicted molar refractivity (Wildman–Crippen MR) is 149 cm³/mol. The van der Waals surface area contributed by atoms with Gasteiger partial charge >= 0.3 is 0 Å². The van der Waals surface area contributed by atoms with Crippen molar-refractivity contribution >= 4 is 33.3 Å². The van der Waals surface area contributed by atoms with Gasteiger partial charge in [-0.15, -0.1) is 0 Å². The van der Waals surface area contributed by atoms with E-state index in [1.54, 1.807) is 28.5 Å². The van der Waals surface area contributed by atoms with Crippen LogP contribution in [0.4, 0.5) is 11.5 Å². The quantitative estimate of drug-likeness (QED) is 0.330. The number of rotatable bonds is 5. The highest BCUT2D eigenvalue weighted by Gasteiger charge is 2.24. The Labute approximate surface area is 217 Å². The summed E-state index contributed by atoms with van der Waals surface area (Å²) in [5.74, 6) is 0.870. The van der Waals surface area contributed by atoms with Crippen molar-refractivity contribution in [3.05, 3.63) is 101 Å². The molecule has 9 nitrogen and oxygen atoms in total. The standard InChI is InChI=1S/C29H25N7O2/c1-17(23-15-18-8-6-7-11-21(18)29(37)35(23)20-9-4-3-5-10-20)36-28-25(27(31)32-16-33-28)26(34-36)19-12-13-24(38-2)22(30)14-19/h3-17H,30H2,1-2H3,(H2,31,32,33). The Bertz CT molecular complexity index is 1880. The number of hydrogen-bond acceptors (Lipinski definition) is 7. The molecule has 0 saturated heterocycles. The number of pyridine rings is 1. The van der Waals surface area contributed by atoms with E-state index in [9.17, 15) is 4.79 Å². The smallest absolute Gasteiger partial charge is 0.263 e. The summed E-state index contributed by atoms with van der Waals surface area (Å²) in [5, 5.41) is 7.05. The number of anilines is 2. The summed E-state index contributed by atoms with van der Waals surface area (Å²) >= 11 is 0. The average Bonchev–Trinajstić information content (AvgIpc) is 3.34. The Morgan fingerprint density at radius 1 is 0.921 bits per heavy atom. The molecular weight excluding hydrogens is 478 g/mol. The number of para-hydroxylation sites is 1. The second-order valence-electron chi connectivity index (χ2n) is 9.02. The van der Waals surface area contributed by atoms with E-state index in [4.69, 9.17) is 21.3 Å². The normalized spacial score (nSPS) is 12.2. The first-order valence-electron chi connectivity index (χ1n) is 12.1. The fourth-order valence-corrected chi connectivity index (χ4v) is 4.90. The maximum absolute atomic E-state index is 13.8. The molecule has 0 spiro atoms. The van der Waals surface area contributed by atoms with Crippen LogP contribution < -0.4 is 21.8 Å². The van der Waals surface area contributed by atoms with Crippen molar-refractivity contribution in [2.75, 3.05) is 18.6 Å². The van der Waals surface area contributed by atoms with Crippen molar-refractivity contribution in [2.45, 2.75) is 13.0 Å². The zero-order valence-corrected chi connectivity index (χ0v) is 20.9. The van der Waals surface area contributed by atoms with Crippen molar-refractivity contribution < 1.29 is 4.74 Å². The zero-order valence-electron chi connectivity index (χ0n) is 20.9. The van der Waals surface area contributed by atoms with Crippen LogP contribution >= 0.6 is 0 Å². The van der Waals surface area contributed by atoms with Crippen LogP contribution in [0.2, 0.25) is 0 Å². The third-order valence-corrected chi connectivity index (χ3v) is 6.79. The van der Waals surface area contributed by atoms with Crippen LogP contribution in [0.5, 0.6) is 5.75 Å². The summed E-state index contributed by atoms with van der Waals surface area (Å²) in [6.07, 6.45) is 1.42. The van der Waals surface area contributed by atoms with Crippen molar-refractivity contribution in [3.63, 3.8) is 0 Å². The molecule has 0 radical (unpaired) electrons. The number of methoxy groups -OCH3 is 1. The topological polar surface area (TPSA) is 127 Å². The first-order chi connectivity index (χ1) is 18.5. The molecule has 1 atom stereocenters. The molecule has 1 unspecified atom stereocenters. The van der Waals surface area contributed by atoms with Crippen LogP contribution in [0.3, 0.4) is 0 Å². The average molecular weight is 504 g/mol. The van der Waals surface area contributed by atoms with Gasteiger partial charge in [-0.05, 0) is 54.8 Å². The lowest BCUT2D eigenvalue weighted by Gasteiger charge is -2.20. The number of hydrogen-bond donors (Lipinski definition) is 2. The monoisotopic (exact) mass is 503 g/mol. The number of ether oxygens (including phenoxy) is 1. The lowest BCUT2D eigenvalue weighted by molar-refractivity contribution is 0.417. The molecule has 6 aromatic rings. The molecule has 0 amide bonds. The van der Waals surface area contributed by atoms with Crippen molar-refractivity contribution in [1.82, 2.24) is 24.3 Å². The van der Waals surface area contributed by atoms with Crippen LogP contribution in [-0.4, -0.2) is 31.4 Å². The van der Waals surface area contributed by atoms with Crippen LogP contribution in [0, 0.1) is 0 Å². The number of nitrogen functional groups attached to an aromatic ring is 2. The molecular formula is C29H25N7O2. The van der Waals surface area contributed by atoms with E-state index in [0.717, 1.165) is 22.3 Å². The van der Waals surface area contributed by atoms with Gasteiger partial charge in [0, 0.05) is 16.6 Å². The van der Waals surface area contributed by atoms with Gasteiger partial charge in [-0.1, -0.05) is 36.4 Å². The molecule has 6 rings (SSSR count). The fraction of sp³-hybridized carbons (Fsp3) is 0.103. The van der Waals surface area contributed by atoms with Gasteiger partial charge < -0.3 is 16.2 Å². The molecule has 188 valence electrons. The molecule has 9 heteroatoms. The van der Waals surface area contributed by atoms with Gasteiger partial charge in [0.05, 0.1) is 29.9 Å². The molecule has 3 heterocycles. The number of nitrogens with zero attached hydrogens (tertiary/aromatic N) is 5. The summed E-state index contributed by atoms with van der Waals surface area (Å²) in [7, 11) is 1.57. The summed E-state index contributed by atoms with van der Waals surface area (Å²) in [5.41, 5.74) is 16.3. The predicted octanol–water partition coefficient (Wildman–Crippen LogP) is 4.58. The molecule has 0 aliphatic rings. The van der Waals surface area contributed by atoms with Gasteiger partial charge in [-0.3, -0.25) is 9.36 Å². The largest absolute Gasteiger partial charge is 0.495 e. The molecule has 3 aromatic carbocycles. The lowest BCUT2D eigenvalue weighted by atomic mass is 10.1. The highest BCUT2D eigenvalue weighted by Crippen LogP contribution is 2.36. The molecule has 0 saturated carbocycles. The Balaban J connectivity index is 1.62. The van der Waals surface area contributed by atoms with Crippen LogP contribution in [0.15, 0.2) is 90.0 Å². The van der Waals surface area contributed by atoms with Gasteiger partial charge in [0.25, 0.3) is 5.56 Å². The van der Waals surface area contributed by atoms with E-state index in [1.807, 2.05) is 73.7 Å². The van der Waals surface area contributed by atoms with Crippen molar-refractivity contribution in [1.29, 1.82) is 0 Å². The third-order valence-electron chi connectivity index (χ3n) is 6.79. The minimum atomic E-state index is -0.395. The Morgan fingerprint density at radius 3 is 2.45 bits per heavy atom. The van der Waals surface area contributed by atoms with E-state index in [-0.39, 0.29) is 5.56 Å². The van der Waals surface area contributed by atoms with Crippen molar-refractivity contribution in [2.24, 2.45) is 0 Å². The van der Waals surface area contributed by atoms with Crippen LogP contribution in [0.25, 0.3) is 38.8 Å². The second-order valence-corrected chi connectivity index (χ2v) is 9.02. The van der Waals surface area contributed by atoms with Crippen LogP contribution in [0.1, 0.15) is 18.7 Å². The molecule has 0 aliphatic heterocycles. The van der Waals surface area contributed by atoms with E-state index < -0.39 is 6.04 Å². The summed E-state index contributed by atoms with van der Waals surface area (Å²) in [6.45, 7) is 1.99. The lowest BCUT2D eigenvalue weighted by Crippen LogP contribution is -2.25. The number of fused-ring (bicyclic) bond motifs is 2. The zero-order chi connectivity index (χ0) is 26.4. The van der Waals surface area contributed by atoms with Gasteiger partial charge in [-0.2, -0.15) is 5.10 Å². The van der Waals surface area contributed by atoms with Gasteiger partial charge in [-0.25, -0.2) is 14.6 Å². The Hall–Kier alpha value is -5.18. The maximum Gasteiger partial charge on any atom is 0.263 e. The first kappa shape index (κ1) is 23.2. The van der Waals surface area contributed by atoms with Gasteiger partial charge in [0.1, 0.15) is 23.6 Å². The minimum absolute atomic E-state index is 0.107. The maximum atomic E-state index is 13.8. The summed E-state index contributed by atoms with van der Waals surface area (Å²) in [4.78, 5) is 22.6. The summed E-state index contributed by atoms with van der Waals surface area (Å²) in [6, 6.07) is 24.2. The minimum Gasteiger partial charge on any atom is -0.495 e. The van der Waals surface area contributed by atoms with E-state index in [1.165, 1.54) is 6.33 Å². The molecule has 0 bridgehead atoms. The molecule has 0 fully saturated rings. The second kappa shape index (κ2) is 9.04. The van der Waals surface area contributed by atoms with E-state index in [2.05, 4.69) is 9.97 Å². The van der Waals surface area contributed by atoms with E-state index in [0.29, 0.717) is 39.4 Å². The van der Waals surface area contributed by atoms with Gasteiger partial charge in [0.15, 0.2) is 5.65 Å². The molecule has 0 aliphatic carbocycles.